The highest BCUT2D eigenvalue weighted by atomic mass is 79.9. The molecular formula is C15H11BrN2OS. The summed E-state index contributed by atoms with van der Waals surface area (Å²) in [5.74, 6) is -0.0731. The summed E-state index contributed by atoms with van der Waals surface area (Å²) in [6.07, 6.45) is 1.75. The molecular weight excluding hydrogens is 336 g/mol. The van der Waals surface area contributed by atoms with Crippen molar-refractivity contribution >= 4 is 44.1 Å². The Morgan fingerprint density at radius 3 is 3.00 bits per heavy atom. The molecule has 0 fully saturated rings. The van der Waals surface area contributed by atoms with Crippen LogP contribution < -0.4 is 5.32 Å². The highest BCUT2D eigenvalue weighted by Crippen LogP contribution is 2.22. The van der Waals surface area contributed by atoms with E-state index >= 15 is 0 Å². The molecule has 100 valence electrons. The lowest BCUT2D eigenvalue weighted by Crippen LogP contribution is -2.22. The Labute approximate surface area is 128 Å². The van der Waals surface area contributed by atoms with Crippen molar-refractivity contribution in [3.63, 3.8) is 0 Å². The van der Waals surface area contributed by atoms with Gasteiger partial charge in [0.05, 0.1) is 12.1 Å². The second kappa shape index (κ2) is 5.73. The van der Waals surface area contributed by atoms with Gasteiger partial charge >= 0.3 is 0 Å². The van der Waals surface area contributed by atoms with E-state index in [1.807, 2.05) is 35.7 Å². The van der Waals surface area contributed by atoms with Crippen LogP contribution in [-0.2, 0) is 6.54 Å². The molecule has 0 atom stereocenters. The van der Waals surface area contributed by atoms with Gasteiger partial charge in [0, 0.05) is 26.5 Å². The molecule has 1 amide bonds. The van der Waals surface area contributed by atoms with Crippen molar-refractivity contribution in [2.75, 3.05) is 0 Å². The van der Waals surface area contributed by atoms with Crippen molar-refractivity contribution in [1.29, 1.82) is 0 Å². The summed E-state index contributed by atoms with van der Waals surface area (Å²) < 4.78 is 1.03. The zero-order valence-corrected chi connectivity index (χ0v) is 12.9. The van der Waals surface area contributed by atoms with E-state index < -0.39 is 0 Å². The van der Waals surface area contributed by atoms with Gasteiger partial charge in [-0.1, -0.05) is 6.07 Å². The molecule has 0 bridgehead atoms. The molecule has 3 rings (SSSR count). The van der Waals surface area contributed by atoms with E-state index in [4.69, 9.17) is 0 Å². The summed E-state index contributed by atoms with van der Waals surface area (Å²) in [5.41, 5.74) is 1.54. The molecule has 5 heteroatoms. The van der Waals surface area contributed by atoms with Crippen molar-refractivity contribution in [1.82, 2.24) is 10.3 Å². The Hall–Kier alpha value is -1.72. The van der Waals surface area contributed by atoms with Crippen molar-refractivity contribution < 1.29 is 4.79 Å². The maximum absolute atomic E-state index is 12.2. The molecule has 2 heterocycles. The number of carbonyl (C=O) groups excluding carboxylic acids is 1. The summed E-state index contributed by atoms with van der Waals surface area (Å²) in [6.45, 7) is 0.530. The molecule has 20 heavy (non-hydrogen) atoms. The lowest BCUT2D eigenvalue weighted by molar-refractivity contribution is 0.0951. The van der Waals surface area contributed by atoms with Crippen LogP contribution in [0, 0.1) is 0 Å². The molecule has 0 unspecified atom stereocenters. The summed E-state index contributed by atoms with van der Waals surface area (Å²) in [4.78, 5) is 17.5. The molecule has 0 aliphatic rings. The van der Waals surface area contributed by atoms with Crippen LogP contribution in [-0.4, -0.2) is 10.9 Å². The van der Waals surface area contributed by atoms with E-state index in [0.29, 0.717) is 12.1 Å². The molecule has 0 radical (unpaired) electrons. The van der Waals surface area contributed by atoms with Crippen LogP contribution in [0.5, 0.6) is 0 Å². The summed E-state index contributed by atoms with van der Waals surface area (Å²) >= 11 is 5.07. The van der Waals surface area contributed by atoms with E-state index in [9.17, 15) is 4.79 Å². The predicted octanol–water partition coefficient (Wildman–Crippen LogP) is 3.99. The molecule has 0 aliphatic carbocycles. The van der Waals surface area contributed by atoms with E-state index in [1.165, 1.54) is 0 Å². The first-order chi connectivity index (χ1) is 9.74. The number of carbonyl (C=O) groups is 1. The monoisotopic (exact) mass is 346 g/mol. The van der Waals surface area contributed by atoms with Crippen LogP contribution in [0.15, 0.2) is 52.4 Å². The third-order valence-corrected chi connectivity index (χ3v) is 4.89. The van der Waals surface area contributed by atoms with Crippen molar-refractivity contribution in [2.45, 2.75) is 6.54 Å². The van der Waals surface area contributed by atoms with Gasteiger partial charge in [-0.05, 0) is 51.6 Å². The van der Waals surface area contributed by atoms with E-state index in [-0.39, 0.29) is 5.91 Å². The number of benzene rings is 1. The smallest absolute Gasteiger partial charge is 0.251 e. The topological polar surface area (TPSA) is 42.0 Å². The Bertz CT molecular complexity index is 769. The number of thiophene rings is 1. The fourth-order valence-electron chi connectivity index (χ4n) is 1.93. The number of hydrogen-bond acceptors (Lipinski definition) is 3. The molecule has 0 aliphatic heterocycles. The van der Waals surface area contributed by atoms with Gasteiger partial charge < -0.3 is 5.32 Å². The van der Waals surface area contributed by atoms with Crippen LogP contribution >= 0.6 is 27.3 Å². The van der Waals surface area contributed by atoms with Crippen molar-refractivity contribution in [3.05, 3.63) is 62.9 Å². The lowest BCUT2D eigenvalue weighted by atomic mass is 10.1. The zero-order valence-electron chi connectivity index (χ0n) is 10.5. The fraction of sp³-hybridized carbons (Fsp3) is 0.0667. The molecule has 1 N–H and O–H groups in total. The van der Waals surface area contributed by atoms with Crippen LogP contribution in [0.3, 0.4) is 0 Å². The molecule has 0 saturated carbocycles. The first kappa shape index (κ1) is 13.3. The number of halogens is 1. The van der Waals surface area contributed by atoms with Crippen molar-refractivity contribution in [2.24, 2.45) is 0 Å². The third-order valence-electron chi connectivity index (χ3n) is 2.97. The molecule has 3 aromatic rings. The quantitative estimate of drug-likeness (QED) is 0.778. The standard InChI is InChI=1S/C15H11BrN2OS/c16-12-5-7-20-14(12)9-18-15(19)11-3-4-13-10(8-11)2-1-6-17-13/h1-8H,9H2,(H,18,19). The number of nitrogens with zero attached hydrogens (tertiary/aromatic N) is 1. The minimum absolute atomic E-state index is 0.0731. The summed E-state index contributed by atoms with van der Waals surface area (Å²) in [5, 5.41) is 5.89. The van der Waals surface area contributed by atoms with Gasteiger partial charge in [-0.15, -0.1) is 11.3 Å². The average Bonchev–Trinajstić information content (AvgIpc) is 2.89. The van der Waals surface area contributed by atoms with Gasteiger partial charge in [-0.2, -0.15) is 0 Å². The second-order valence-electron chi connectivity index (χ2n) is 4.29. The minimum atomic E-state index is -0.0731. The van der Waals surface area contributed by atoms with E-state index in [0.717, 1.165) is 20.3 Å². The molecule has 3 nitrogen and oxygen atoms in total. The number of rotatable bonds is 3. The Balaban J connectivity index is 1.77. The van der Waals surface area contributed by atoms with E-state index in [2.05, 4.69) is 26.2 Å². The fourth-order valence-corrected chi connectivity index (χ4v) is 3.36. The van der Waals surface area contributed by atoms with Crippen LogP contribution in [0.25, 0.3) is 10.9 Å². The number of aromatic nitrogens is 1. The molecule has 0 saturated heterocycles. The second-order valence-corrected chi connectivity index (χ2v) is 6.14. The molecule has 0 spiro atoms. The molecule has 2 aromatic heterocycles. The zero-order chi connectivity index (χ0) is 13.9. The van der Waals surface area contributed by atoms with Gasteiger partial charge in [0.1, 0.15) is 0 Å². The van der Waals surface area contributed by atoms with Crippen LogP contribution in [0.1, 0.15) is 15.2 Å². The maximum atomic E-state index is 12.2. The maximum Gasteiger partial charge on any atom is 0.251 e. The van der Waals surface area contributed by atoms with Crippen LogP contribution in [0.4, 0.5) is 0 Å². The van der Waals surface area contributed by atoms with Gasteiger partial charge in [0.15, 0.2) is 0 Å². The SMILES string of the molecule is O=C(NCc1sccc1Br)c1ccc2ncccc2c1. The number of fused-ring (bicyclic) bond motifs is 1. The van der Waals surface area contributed by atoms with Gasteiger partial charge in [-0.3, -0.25) is 9.78 Å². The number of nitrogens with one attached hydrogen (secondary N) is 1. The number of hydrogen-bond donors (Lipinski definition) is 1. The van der Waals surface area contributed by atoms with Gasteiger partial charge in [0.2, 0.25) is 0 Å². The normalized spacial score (nSPS) is 10.7. The first-order valence-corrected chi connectivity index (χ1v) is 7.76. The first-order valence-electron chi connectivity index (χ1n) is 6.09. The largest absolute Gasteiger partial charge is 0.347 e. The lowest BCUT2D eigenvalue weighted by Gasteiger charge is -2.05. The van der Waals surface area contributed by atoms with Crippen molar-refractivity contribution in [3.8, 4) is 0 Å². The molecule has 1 aromatic carbocycles. The number of amides is 1. The minimum Gasteiger partial charge on any atom is -0.347 e. The summed E-state index contributed by atoms with van der Waals surface area (Å²) in [6, 6.07) is 11.3. The Morgan fingerprint density at radius 2 is 2.20 bits per heavy atom. The number of pyridine rings is 1. The Kier molecular flexibility index (Phi) is 3.80. The van der Waals surface area contributed by atoms with Crippen LogP contribution in [0.2, 0.25) is 0 Å². The van der Waals surface area contributed by atoms with E-state index in [1.54, 1.807) is 23.6 Å². The summed E-state index contributed by atoms with van der Waals surface area (Å²) in [7, 11) is 0. The predicted molar refractivity (Wildman–Crippen MR) is 84.9 cm³/mol. The Morgan fingerprint density at radius 1 is 1.30 bits per heavy atom. The van der Waals surface area contributed by atoms with Gasteiger partial charge in [-0.25, -0.2) is 0 Å². The third kappa shape index (κ3) is 2.73. The highest BCUT2D eigenvalue weighted by Gasteiger charge is 2.08. The van der Waals surface area contributed by atoms with Gasteiger partial charge in [0.25, 0.3) is 5.91 Å². The highest BCUT2D eigenvalue weighted by molar-refractivity contribution is 9.10. The average molecular weight is 347 g/mol.